The van der Waals surface area contributed by atoms with Crippen LogP contribution in [0.4, 0.5) is 0 Å². The van der Waals surface area contributed by atoms with Gasteiger partial charge in [-0.15, -0.1) is 11.3 Å². The normalized spacial score (nSPS) is 10.7. The van der Waals surface area contributed by atoms with E-state index in [2.05, 4.69) is 4.98 Å². The summed E-state index contributed by atoms with van der Waals surface area (Å²) in [6.07, 6.45) is 0. The van der Waals surface area contributed by atoms with Gasteiger partial charge in [0.2, 0.25) is 0 Å². The van der Waals surface area contributed by atoms with Crippen LogP contribution in [0.5, 0.6) is 0 Å². The second-order valence-electron chi connectivity index (χ2n) is 3.63. The fourth-order valence-corrected chi connectivity index (χ4v) is 2.92. The maximum Gasteiger partial charge on any atom is 0.347 e. The monoisotopic (exact) mass is 317 g/mol. The van der Waals surface area contributed by atoms with E-state index in [0.29, 0.717) is 26.3 Å². The summed E-state index contributed by atoms with van der Waals surface area (Å²) in [7, 11) is 1.48. The van der Waals surface area contributed by atoms with E-state index in [1.807, 2.05) is 0 Å². The Balaban J connectivity index is 2.54. The van der Waals surface area contributed by atoms with Gasteiger partial charge >= 0.3 is 5.97 Å². The second kappa shape index (κ2) is 5.88. The highest BCUT2D eigenvalue weighted by Gasteiger charge is 2.19. The zero-order valence-corrected chi connectivity index (χ0v) is 12.1. The van der Waals surface area contributed by atoms with Gasteiger partial charge in [0.25, 0.3) is 0 Å². The molecule has 1 aromatic carbocycles. The van der Waals surface area contributed by atoms with Gasteiger partial charge in [-0.05, 0) is 6.07 Å². The fraction of sp³-hybridized carbons (Fsp3) is 0.167. The number of hydrogen-bond acceptors (Lipinski definition) is 4. The molecule has 0 radical (unpaired) electrons. The number of halogens is 2. The van der Waals surface area contributed by atoms with E-state index in [4.69, 9.17) is 33.0 Å². The number of aromatic carboxylic acids is 1. The molecular formula is C12H9Cl2NO3S. The summed E-state index contributed by atoms with van der Waals surface area (Å²) in [5, 5.41) is 10.4. The number of hydrogen-bond donors (Lipinski definition) is 1. The SMILES string of the molecule is COCc1nc(-c2cccc(Cl)c2Cl)sc1C(=O)O. The summed E-state index contributed by atoms with van der Waals surface area (Å²) in [5.74, 6) is -1.03. The van der Waals surface area contributed by atoms with E-state index in [1.165, 1.54) is 7.11 Å². The van der Waals surface area contributed by atoms with Crippen molar-refractivity contribution in [2.75, 3.05) is 7.11 Å². The Bertz CT molecular complexity index is 627. The molecule has 0 saturated carbocycles. The number of rotatable bonds is 4. The summed E-state index contributed by atoms with van der Waals surface area (Å²) in [4.78, 5) is 15.6. The van der Waals surface area contributed by atoms with Crippen molar-refractivity contribution < 1.29 is 14.6 Å². The molecule has 100 valence electrons. The third kappa shape index (κ3) is 2.90. The molecule has 0 saturated heterocycles. The van der Waals surface area contributed by atoms with Crippen LogP contribution >= 0.6 is 34.5 Å². The highest BCUT2D eigenvalue weighted by Crippen LogP contribution is 2.36. The van der Waals surface area contributed by atoms with Crippen LogP contribution in [0.25, 0.3) is 10.6 Å². The average molecular weight is 318 g/mol. The predicted octanol–water partition coefficient (Wildman–Crippen LogP) is 3.96. The highest BCUT2D eigenvalue weighted by molar-refractivity contribution is 7.17. The number of carboxylic acids is 1. The quantitative estimate of drug-likeness (QED) is 0.927. The number of ether oxygens (including phenoxy) is 1. The lowest BCUT2D eigenvalue weighted by Gasteiger charge is -2.01. The minimum Gasteiger partial charge on any atom is -0.477 e. The first-order chi connectivity index (χ1) is 9.04. The molecule has 0 fully saturated rings. The largest absolute Gasteiger partial charge is 0.477 e. The molecule has 0 amide bonds. The first kappa shape index (κ1) is 14.3. The van der Waals surface area contributed by atoms with Gasteiger partial charge in [0.15, 0.2) is 0 Å². The molecule has 0 aliphatic heterocycles. The van der Waals surface area contributed by atoms with Crippen molar-refractivity contribution in [1.82, 2.24) is 4.98 Å². The zero-order valence-electron chi connectivity index (χ0n) is 9.81. The molecule has 0 unspecified atom stereocenters. The van der Waals surface area contributed by atoms with Crippen molar-refractivity contribution in [1.29, 1.82) is 0 Å². The van der Waals surface area contributed by atoms with E-state index in [-0.39, 0.29) is 11.5 Å². The third-order valence-corrected chi connectivity index (χ3v) is 4.29. The van der Waals surface area contributed by atoms with Crippen molar-refractivity contribution in [3.8, 4) is 10.6 Å². The lowest BCUT2D eigenvalue weighted by atomic mass is 10.2. The van der Waals surface area contributed by atoms with Crippen LogP contribution in [0.2, 0.25) is 10.0 Å². The summed E-state index contributed by atoms with van der Waals surface area (Å²) in [6.45, 7) is 0.135. The maximum atomic E-state index is 11.1. The maximum absolute atomic E-state index is 11.1. The van der Waals surface area contributed by atoms with E-state index >= 15 is 0 Å². The molecule has 1 heterocycles. The Morgan fingerprint density at radius 2 is 2.21 bits per heavy atom. The lowest BCUT2D eigenvalue weighted by Crippen LogP contribution is -1.99. The van der Waals surface area contributed by atoms with Gasteiger partial charge in [0.05, 0.1) is 22.3 Å². The molecule has 1 aromatic heterocycles. The van der Waals surface area contributed by atoms with Crippen molar-refractivity contribution >= 4 is 40.5 Å². The third-order valence-electron chi connectivity index (χ3n) is 2.35. The molecule has 7 heteroatoms. The van der Waals surface area contributed by atoms with Crippen LogP contribution in [0.3, 0.4) is 0 Å². The predicted molar refractivity (Wildman–Crippen MR) is 75.2 cm³/mol. The lowest BCUT2D eigenvalue weighted by molar-refractivity contribution is 0.0697. The number of benzene rings is 1. The fourth-order valence-electron chi connectivity index (χ4n) is 1.54. The highest BCUT2D eigenvalue weighted by atomic mass is 35.5. The van der Waals surface area contributed by atoms with Gasteiger partial charge in [-0.3, -0.25) is 0 Å². The molecule has 0 atom stereocenters. The van der Waals surface area contributed by atoms with E-state index in [0.717, 1.165) is 11.3 Å². The standard InChI is InChI=1S/C12H9Cl2NO3S/c1-18-5-8-10(12(16)17)19-11(15-8)6-3-2-4-7(13)9(6)14/h2-4H,5H2,1H3,(H,16,17). The van der Waals surface area contributed by atoms with Crippen LogP contribution in [0.1, 0.15) is 15.4 Å². The van der Waals surface area contributed by atoms with Gasteiger partial charge in [-0.1, -0.05) is 35.3 Å². The zero-order chi connectivity index (χ0) is 14.0. The number of nitrogens with zero attached hydrogens (tertiary/aromatic N) is 1. The summed E-state index contributed by atoms with van der Waals surface area (Å²) in [5.41, 5.74) is 0.995. The van der Waals surface area contributed by atoms with E-state index in [9.17, 15) is 4.79 Å². The summed E-state index contributed by atoms with van der Waals surface area (Å²) < 4.78 is 4.94. The van der Waals surface area contributed by atoms with Gasteiger partial charge in [-0.2, -0.15) is 0 Å². The van der Waals surface area contributed by atoms with Crippen molar-refractivity contribution in [2.24, 2.45) is 0 Å². The smallest absolute Gasteiger partial charge is 0.347 e. The van der Waals surface area contributed by atoms with Crippen LogP contribution < -0.4 is 0 Å². The molecule has 0 aliphatic carbocycles. The summed E-state index contributed by atoms with van der Waals surface area (Å²) >= 11 is 13.1. The molecule has 0 spiro atoms. The molecule has 4 nitrogen and oxygen atoms in total. The topological polar surface area (TPSA) is 59.4 Å². The van der Waals surface area contributed by atoms with Crippen LogP contribution in [0.15, 0.2) is 18.2 Å². The first-order valence-electron chi connectivity index (χ1n) is 5.21. The molecule has 19 heavy (non-hydrogen) atoms. The average Bonchev–Trinajstić information content (AvgIpc) is 2.77. The van der Waals surface area contributed by atoms with Crippen LogP contribution in [0, 0.1) is 0 Å². The van der Waals surface area contributed by atoms with Crippen LogP contribution in [-0.2, 0) is 11.3 Å². The number of aromatic nitrogens is 1. The van der Waals surface area contributed by atoms with Crippen molar-refractivity contribution in [3.05, 3.63) is 38.8 Å². The number of methoxy groups -OCH3 is 1. The van der Waals surface area contributed by atoms with Gasteiger partial charge in [0, 0.05) is 12.7 Å². The molecule has 2 aromatic rings. The molecular weight excluding hydrogens is 309 g/mol. The Hall–Kier alpha value is -1.14. The minimum atomic E-state index is -1.03. The number of carboxylic acid groups (broad SMARTS) is 1. The van der Waals surface area contributed by atoms with E-state index < -0.39 is 5.97 Å². The Morgan fingerprint density at radius 1 is 1.47 bits per heavy atom. The van der Waals surface area contributed by atoms with E-state index in [1.54, 1.807) is 18.2 Å². The van der Waals surface area contributed by atoms with Crippen molar-refractivity contribution in [2.45, 2.75) is 6.61 Å². The van der Waals surface area contributed by atoms with Gasteiger partial charge in [-0.25, -0.2) is 9.78 Å². The molecule has 0 aliphatic rings. The molecule has 0 bridgehead atoms. The van der Waals surface area contributed by atoms with Crippen molar-refractivity contribution in [3.63, 3.8) is 0 Å². The second-order valence-corrected chi connectivity index (χ2v) is 5.42. The van der Waals surface area contributed by atoms with Gasteiger partial charge < -0.3 is 9.84 Å². The summed E-state index contributed by atoms with van der Waals surface area (Å²) in [6, 6.07) is 5.14. The Kier molecular flexibility index (Phi) is 4.42. The molecule has 2 rings (SSSR count). The Labute approximate surface area is 123 Å². The minimum absolute atomic E-state index is 0.135. The van der Waals surface area contributed by atoms with Gasteiger partial charge in [0.1, 0.15) is 9.88 Å². The molecule has 1 N–H and O–H groups in total. The number of thiazole rings is 1. The Morgan fingerprint density at radius 3 is 2.84 bits per heavy atom. The first-order valence-corrected chi connectivity index (χ1v) is 6.78. The van der Waals surface area contributed by atoms with Crippen LogP contribution in [-0.4, -0.2) is 23.2 Å². The number of carbonyl (C=O) groups is 1.